The topological polar surface area (TPSA) is 69.6 Å². The maximum Gasteiger partial charge on any atom is 0.229 e. The summed E-state index contributed by atoms with van der Waals surface area (Å²) < 4.78 is 25.1. The molecule has 0 fully saturated rings. The van der Waals surface area contributed by atoms with Gasteiger partial charge in [0.1, 0.15) is 0 Å². The van der Waals surface area contributed by atoms with E-state index in [1.807, 2.05) is 41.3 Å². The van der Waals surface area contributed by atoms with E-state index in [-0.39, 0.29) is 6.61 Å². The summed E-state index contributed by atoms with van der Waals surface area (Å²) in [7, 11) is -3.31. The van der Waals surface area contributed by atoms with Gasteiger partial charge in [-0.1, -0.05) is 36.4 Å². The van der Waals surface area contributed by atoms with Gasteiger partial charge in [-0.15, -0.1) is 0 Å². The van der Waals surface area contributed by atoms with Crippen LogP contribution in [0.15, 0.2) is 54.6 Å². The van der Waals surface area contributed by atoms with E-state index in [9.17, 15) is 13.5 Å². The molecule has 0 aliphatic rings. The molecule has 0 atom stereocenters. The lowest BCUT2D eigenvalue weighted by Crippen LogP contribution is -2.26. The van der Waals surface area contributed by atoms with Crippen LogP contribution in [0.25, 0.3) is 0 Å². The average molecular weight is 320 g/mol. The second-order valence-electron chi connectivity index (χ2n) is 5.06. The molecular weight excluding hydrogens is 300 g/mol. The van der Waals surface area contributed by atoms with Crippen molar-refractivity contribution in [1.82, 2.24) is 0 Å². The van der Waals surface area contributed by atoms with Crippen molar-refractivity contribution >= 4 is 21.4 Å². The number of aliphatic hydroxyl groups excluding tert-OH is 1. The summed E-state index contributed by atoms with van der Waals surface area (Å²) in [6, 6.07) is 17.1. The Bertz CT molecular complexity index is 702. The summed E-state index contributed by atoms with van der Waals surface area (Å²) in [4.78, 5) is 2.00. The van der Waals surface area contributed by atoms with Gasteiger partial charge >= 0.3 is 0 Å². The normalized spacial score (nSPS) is 11.2. The van der Waals surface area contributed by atoms with Gasteiger partial charge in [0.05, 0.1) is 18.6 Å². The molecule has 0 amide bonds. The van der Waals surface area contributed by atoms with Gasteiger partial charge in [0.2, 0.25) is 10.0 Å². The van der Waals surface area contributed by atoms with Gasteiger partial charge in [0.15, 0.2) is 0 Å². The summed E-state index contributed by atoms with van der Waals surface area (Å²) in [6.07, 6.45) is 1.12. The lowest BCUT2D eigenvalue weighted by atomic mass is 10.2. The van der Waals surface area contributed by atoms with Crippen molar-refractivity contribution in [2.45, 2.75) is 6.54 Å². The largest absolute Gasteiger partial charge is 0.395 e. The van der Waals surface area contributed by atoms with Crippen LogP contribution in [-0.4, -0.2) is 32.9 Å². The highest BCUT2D eigenvalue weighted by molar-refractivity contribution is 7.92. The number of hydrogen-bond donors (Lipinski definition) is 2. The van der Waals surface area contributed by atoms with E-state index in [1.54, 1.807) is 18.2 Å². The molecule has 0 aromatic heterocycles. The summed E-state index contributed by atoms with van der Waals surface area (Å²) >= 11 is 0. The minimum absolute atomic E-state index is 0.0244. The predicted octanol–water partition coefficient (Wildman–Crippen LogP) is 2.06. The van der Waals surface area contributed by atoms with Crippen LogP contribution in [0, 0.1) is 0 Å². The molecule has 0 spiro atoms. The van der Waals surface area contributed by atoms with Crippen molar-refractivity contribution < 1.29 is 13.5 Å². The van der Waals surface area contributed by atoms with Gasteiger partial charge in [-0.2, -0.15) is 0 Å². The number of rotatable bonds is 7. The first-order valence-corrected chi connectivity index (χ1v) is 8.85. The minimum Gasteiger partial charge on any atom is -0.395 e. The molecule has 0 heterocycles. The van der Waals surface area contributed by atoms with Gasteiger partial charge in [0, 0.05) is 18.8 Å². The molecule has 6 heteroatoms. The van der Waals surface area contributed by atoms with Crippen molar-refractivity contribution in [2.24, 2.45) is 0 Å². The highest BCUT2D eigenvalue weighted by Crippen LogP contribution is 2.22. The van der Waals surface area contributed by atoms with E-state index in [2.05, 4.69) is 4.72 Å². The maximum atomic E-state index is 11.3. The maximum absolute atomic E-state index is 11.3. The van der Waals surface area contributed by atoms with E-state index in [0.717, 1.165) is 17.5 Å². The molecule has 0 saturated heterocycles. The second-order valence-corrected chi connectivity index (χ2v) is 6.80. The fourth-order valence-corrected chi connectivity index (χ4v) is 2.76. The average Bonchev–Trinajstić information content (AvgIpc) is 2.46. The summed E-state index contributed by atoms with van der Waals surface area (Å²) in [5, 5.41) is 9.28. The standard InChI is InChI=1S/C16H20N2O3S/c1-22(20,21)17-15-8-5-9-16(12-15)18(10-11-19)13-14-6-3-2-4-7-14/h2-9,12,17,19H,10-11,13H2,1H3. The van der Waals surface area contributed by atoms with Gasteiger partial charge in [-0.25, -0.2) is 8.42 Å². The number of aliphatic hydroxyl groups is 1. The zero-order valence-corrected chi connectivity index (χ0v) is 13.3. The third kappa shape index (κ3) is 5.05. The van der Waals surface area contributed by atoms with Crippen LogP contribution in [0.1, 0.15) is 5.56 Å². The SMILES string of the molecule is CS(=O)(=O)Nc1cccc(N(CCO)Cc2ccccc2)c1. The zero-order valence-electron chi connectivity index (χ0n) is 12.4. The van der Waals surface area contributed by atoms with Gasteiger partial charge in [0.25, 0.3) is 0 Å². The lowest BCUT2D eigenvalue weighted by Gasteiger charge is -2.24. The molecule has 0 saturated carbocycles. The molecule has 2 aromatic carbocycles. The van der Waals surface area contributed by atoms with Crippen LogP contribution >= 0.6 is 0 Å². The van der Waals surface area contributed by atoms with E-state index in [0.29, 0.717) is 18.8 Å². The molecule has 0 aliphatic heterocycles. The number of sulfonamides is 1. The molecular formula is C16H20N2O3S. The molecule has 0 bridgehead atoms. The second kappa shape index (κ2) is 7.29. The quantitative estimate of drug-likeness (QED) is 0.819. The summed E-state index contributed by atoms with van der Waals surface area (Å²) in [5.74, 6) is 0. The Labute approximate surface area is 131 Å². The molecule has 0 aliphatic carbocycles. The monoisotopic (exact) mass is 320 g/mol. The van der Waals surface area contributed by atoms with E-state index in [1.165, 1.54) is 0 Å². The Morgan fingerprint density at radius 3 is 2.45 bits per heavy atom. The smallest absolute Gasteiger partial charge is 0.229 e. The summed E-state index contributed by atoms with van der Waals surface area (Å²) in [6.45, 7) is 1.14. The Morgan fingerprint density at radius 1 is 1.09 bits per heavy atom. The molecule has 118 valence electrons. The number of hydrogen-bond acceptors (Lipinski definition) is 4. The minimum atomic E-state index is -3.31. The number of nitrogens with one attached hydrogen (secondary N) is 1. The third-order valence-corrected chi connectivity index (χ3v) is 3.71. The fourth-order valence-electron chi connectivity index (χ4n) is 2.20. The number of nitrogens with zero attached hydrogens (tertiary/aromatic N) is 1. The van der Waals surface area contributed by atoms with E-state index < -0.39 is 10.0 Å². The number of anilines is 2. The van der Waals surface area contributed by atoms with Crippen LogP contribution in [-0.2, 0) is 16.6 Å². The first kappa shape index (κ1) is 16.3. The first-order valence-electron chi connectivity index (χ1n) is 6.95. The van der Waals surface area contributed by atoms with Crippen LogP contribution in [0.4, 0.5) is 11.4 Å². The number of benzene rings is 2. The van der Waals surface area contributed by atoms with E-state index in [4.69, 9.17) is 0 Å². The Kier molecular flexibility index (Phi) is 5.41. The van der Waals surface area contributed by atoms with Crippen LogP contribution in [0.2, 0.25) is 0 Å². The first-order chi connectivity index (χ1) is 10.5. The molecule has 0 radical (unpaired) electrons. The Morgan fingerprint density at radius 2 is 1.82 bits per heavy atom. The zero-order chi connectivity index (χ0) is 16.0. The van der Waals surface area contributed by atoms with Crippen molar-refractivity contribution in [3.05, 3.63) is 60.2 Å². The lowest BCUT2D eigenvalue weighted by molar-refractivity contribution is 0.301. The van der Waals surface area contributed by atoms with Crippen LogP contribution in [0.5, 0.6) is 0 Å². The highest BCUT2D eigenvalue weighted by Gasteiger charge is 2.09. The van der Waals surface area contributed by atoms with Crippen molar-refractivity contribution in [1.29, 1.82) is 0 Å². The van der Waals surface area contributed by atoms with Gasteiger partial charge < -0.3 is 10.0 Å². The highest BCUT2D eigenvalue weighted by atomic mass is 32.2. The van der Waals surface area contributed by atoms with E-state index >= 15 is 0 Å². The van der Waals surface area contributed by atoms with Crippen LogP contribution < -0.4 is 9.62 Å². The van der Waals surface area contributed by atoms with Gasteiger partial charge in [-0.3, -0.25) is 4.72 Å². The molecule has 2 N–H and O–H groups in total. The fraction of sp³-hybridized carbons (Fsp3) is 0.250. The Hall–Kier alpha value is -2.05. The predicted molar refractivity (Wildman–Crippen MR) is 89.5 cm³/mol. The van der Waals surface area contributed by atoms with Crippen LogP contribution in [0.3, 0.4) is 0 Å². The van der Waals surface area contributed by atoms with Crippen molar-refractivity contribution in [3.8, 4) is 0 Å². The third-order valence-electron chi connectivity index (χ3n) is 3.10. The van der Waals surface area contributed by atoms with Gasteiger partial charge in [-0.05, 0) is 23.8 Å². The summed E-state index contributed by atoms with van der Waals surface area (Å²) in [5.41, 5.74) is 2.49. The Balaban J connectivity index is 2.23. The molecule has 5 nitrogen and oxygen atoms in total. The van der Waals surface area contributed by atoms with Crippen molar-refractivity contribution in [3.63, 3.8) is 0 Å². The molecule has 0 unspecified atom stereocenters. The molecule has 22 heavy (non-hydrogen) atoms. The van der Waals surface area contributed by atoms with Crippen molar-refractivity contribution in [2.75, 3.05) is 29.0 Å². The molecule has 2 aromatic rings. The molecule has 2 rings (SSSR count).